The number of aliphatic hydroxyl groups is 1. The highest BCUT2D eigenvalue weighted by atomic mass is 16.3. The van der Waals surface area contributed by atoms with Gasteiger partial charge in [-0.1, -0.05) is 25.5 Å². The number of carbonyl (C=O) groups excluding carboxylic acids is 1. The van der Waals surface area contributed by atoms with Crippen molar-refractivity contribution < 1.29 is 20.9 Å². The molecule has 3 fully saturated rings. The average molecular weight is 324 g/mol. The highest BCUT2D eigenvalue weighted by Gasteiger charge is 2.58. The Morgan fingerprint density at radius 3 is 2.43 bits per heavy atom. The lowest BCUT2D eigenvalue weighted by molar-refractivity contribution is -0.132. The number of ketones is 1. The Kier molecular flexibility index (Phi) is 4.84. The monoisotopic (exact) mass is 324 g/mol. The summed E-state index contributed by atoms with van der Waals surface area (Å²) in [5.41, 5.74) is 1.81. The van der Waals surface area contributed by atoms with Crippen LogP contribution in [0.5, 0.6) is 0 Å². The Hall–Kier alpha value is -0.710. The Labute approximate surface area is 139 Å². The summed E-state index contributed by atoms with van der Waals surface area (Å²) in [7, 11) is 0. The second-order valence-corrected chi connectivity index (χ2v) is 8.57. The van der Waals surface area contributed by atoms with E-state index in [1.54, 1.807) is 0 Å². The van der Waals surface area contributed by atoms with Gasteiger partial charge in [0, 0.05) is 11.8 Å². The Morgan fingerprint density at radius 1 is 1.04 bits per heavy atom. The minimum atomic E-state index is -0.122. The number of hydrogen-bond donors (Lipinski definition) is 1. The zero-order valence-electron chi connectivity index (χ0n) is 14.4. The summed E-state index contributed by atoms with van der Waals surface area (Å²) in [5.74, 6) is 2.60. The third-order valence-electron chi connectivity index (χ3n) is 7.79. The van der Waals surface area contributed by atoms with E-state index in [1.165, 1.54) is 12.0 Å². The molecule has 3 saturated carbocycles. The van der Waals surface area contributed by atoms with Crippen LogP contribution in [0.25, 0.3) is 0 Å². The number of hydrogen-bond acceptors (Lipinski definition) is 2. The molecule has 23 heavy (non-hydrogen) atoms. The third kappa shape index (κ3) is 2.41. The van der Waals surface area contributed by atoms with E-state index in [4.69, 9.17) is 0 Å². The highest BCUT2D eigenvalue weighted by molar-refractivity contribution is 5.87. The van der Waals surface area contributed by atoms with Crippen molar-refractivity contribution >= 4 is 5.78 Å². The second-order valence-electron chi connectivity index (χ2n) is 8.57. The van der Waals surface area contributed by atoms with Crippen molar-refractivity contribution in [3.05, 3.63) is 11.6 Å². The zero-order valence-corrected chi connectivity index (χ0v) is 14.4. The van der Waals surface area contributed by atoms with Crippen LogP contribution in [0.1, 0.15) is 65.2 Å². The molecule has 0 unspecified atom stereocenters. The number of aliphatic hydroxyl groups excluding tert-OH is 1. The topological polar surface area (TPSA) is 100 Å². The maximum Gasteiger partial charge on any atom is 0.139 e. The Morgan fingerprint density at radius 2 is 1.70 bits per heavy atom. The van der Waals surface area contributed by atoms with Gasteiger partial charge in [-0.2, -0.15) is 0 Å². The first-order valence-corrected chi connectivity index (χ1v) is 8.86. The summed E-state index contributed by atoms with van der Waals surface area (Å²) in [5, 5.41) is 10.00. The standard InChI is InChI=1S/C19H28O2.2H2O/c1-18-9-7-13(20)11-12(18)3-4-14-15-5-6-17(21)19(15,2)10-8-16(14)18;;/h3,13-16,20H,4-11H2,1-2H3;2*1H2/t13-,14-,15-,16-,18-,19-;;/m0../s1. The molecular weight excluding hydrogens is 292 g/mol. The van der Waals surface area contributed by atoms with Gasteiger partial charge in [-0.05, 0) is 68.1 Å². The van der Waals surface area contributed by atoms with Crippen LogP contribution in [0.15, 0.2) is 11.6 Å². The minimum absolute atomic E-state index is 0. The predicted molar refractivity (Wildman–Crippen MR) is 89.9 cm³/mol. The van der Waals surface area contributed by atoms with Crippen molar-refractivity contribution in [1.82, 2.24) is 0 Å². The van der Waals surface area contributed by atoms with Crippen LogP contribution in [0.2, 0.25) is 0 Å². The molecule has 132 valence electrons. The Bertz CT molecular complexity index is 513. The van der Waals surface area contributed by atoms with Crippen LogP contribution in [-0.4, -0.2) is 27.9 Å². The van der Waals surface area contributed by atoms with Gasteiger partial charge in [0.25, 0.3) is 0 Å². The van der Waals surface area contributed by atoms with Crippen molar-refractivity contribution in [2.75, 3.05) is 0 Å². The van der Waals surface area contributed by atoms with Crippen LogP contribution < -0.4 is 0 Å². The van der Waals surface area contributed by atoms with Gasteiger partial charge in [-0.15, -0.1) is 0 Å². The van der Waals surface area contributed by atoms with Gasteiger partial charge in [-0.25, -0.2) is 0 Å². The molecular formula is C19H32O4. The smallest absolute Gasteiger partial charge is 0.139 e. The molecule has 4 nitrogen and oxygen atoms in total. The number of fused-ring (bicyclic) bond motifs is 5. The lowest BCUT2D eigenvalue weighted by Gasteiger charge is -2.56. The molecule has 0 aromatic carbocycles. The van der Waals surface area contributed by atoms with E-state index in [1.807, 2.05) is 0 Å². The Balaban J connectivity index is 0.000000960. The molecule has 5 N–H and O–H groups in total. The average Bonchev–Trinajstić information content (AvgIpc) is 2.76. The zero-order chi connectivity index (χ0) is 14.8. The molecule has 4 aliphatic carbocycles. The van der Waals surface area contributed by atoms with Crippen LogP contribution in [0.4, 0.5) is 0 Å². The van der Waals surface area contributed by atoms with Crippen molar-refractivity contribution in [2.45, 2.75) is 71.3 Å². The molecule has 0 bridgehead atoms. The van der Waals surface area contributed by atoms with Crippen LogP contribution in [0.3, 0.4) is 0 Å². The van der Waals surface area contributed by atoms with E-state index < -0.39 is 0 Å². The third-order valence-corrected chi connectivity index (χ3v) is 7.79. The summed E-state index contributed by atoms with van der Waals surface area (Å²) in [6.07, 6.45) is 10.7. The first-order chi connectivity index (χ1) is 9.95. The number of allylic oxidation sites excluding steroid dienone is 1. The van der Waals surface area contributed by atoms with Crippen molar-refractivity contribution in [1.29, 1.82) is 0 Å². The molecule has 0 spiro atoms. The van der Waals surface area contributed by atoms with Gasteiger partial charge >= 0.3 is 0 Å². The fourth-order valence-corrected chi connectivity index (χ4v) is 6.41. The maximum absolute atomic E-state index is 12.4. The highest BCUT2D eigenvalue weighted by Crippen LogP contribution is 2.63. The lowest BCUT2D eigenvalue weighted by atomic mass is 9.48. The van der Waals surface area contributed by atoms with E-state index >= 15 is 0 Å². The minimum Gasteiger partial charge on any atom is -0.412 e. The molecule has 4 rings (SSSR count). The number of rotatable bonds is 0. The van der Waals surface area contributed by atoms with Gasteiger partial charge in [0.2, 0.25) is 0 Å². The van der Waals surface area contributed by atoms with Crippen molar-refractivity contribution in [2.24, 2.45) is 28.6 Å². The van der Waals surface area contributed by atoms with E-state index in [2.05, 4.69) is 19.9 Å². The molecule has 0 amide bonds. The molecule has 0 aromatic heterocycles. The molecule has 0 saturated heterocycles. The molecule has 6 atom stereocenters. The van der Waals surface area contributed by atoms with Gasteiger partial charge in [0.15, 0.2) is 0 Å². The van der Waals surface area contributed by atoms with Gasteiger partial charge in [0.05, 0.1) is 6.10 Å². The normalized spacial score (nSPS) is 48.1. The largest absolute Gasteiger partial charge is 0.412 e. The molecule has 0 radical (unpaired) electrons. The predicted octanol–water partition coefficient (Wildman–Crippen LogP) is 2.23. The van der Waals surface area contributed by atoms with Crippen LogP contribution in [0, 0.1) is 28.6 Å². The lowest BCUT2D eigenvalue weighted by Crippen LogP contribution is -2.50. The summed E-state index contributed by atoms with van der Waals surface area (Å²) >= 11 is 0. The first-order valence-electron chi connectivity index (χ1n) is 8.86. The quantitative estimate of drug-likeness (QED) is 0.691. The maximum atomic E-state index is 12.4. The van der Waals surface area contributed by atoms with E-state index in [0.717, 1.165) is 50.9 Å². The van der Waals surface area contributed by atoms with E-state index in [0.29, 0.717) is 23.0 Å². The summed E-state index contributed by atoms with van der Waals surface area (Å²) < 4.78 is 0. The molecule has 4 aliphatic rings. The van der Waals surface area contributed by atoms with Gasteiger partial charge in [0.1, 0.15) is 5.78 Å². The van der Waals surface area contributed by atoms with E-state index in [9.17, 15) is 9.90 Å². The number of Topliss-reactive ketones (excluding diaryl/α,β-unsaturated/α-hetero) is 1. The van der Waals surface area contributed by atoms with Crippen molar-refractivity contribution in [3.8, 4) is 0 Å². The molecule has 0 aromatic rings. The molecule has 0 aliphatic heterocycles. The molecule has 0 heterocycles. The molecule has 4 heteroatoms. The van der Waals surface area contributed by atoms with E-state index in [-0.39, 0.29) is 22.5 Å². The van der Waals surface area contributed by atoms with Crippen LogP contribution in [-0.2, 0) is 4.79 Å². The van der Waals surface area contributed by atoms with Gasteiger partial charge in [-0.3, -0.25) is 4.79 Å². The number of carbonyl (C=O) groups is 1. The SMILES string of the molecule is C[C@]12CC[C@H](O)CC1=CC[C@@H]1[C@@H]2CC[C@]2(C)C(=O)CC[C@@H]12.O.O. The fraction of sp³-hybridized carbons (Fsp3) is 0.842. The van der Waals surface area contributed by atoms with Crippen molar-refractivity contribution in [3.63, 3.8) is 0 Å². The summed E-state index contributed by atoms with van der Waals surface area (Å²) in [4.78, 5) is 12.4. The summed E-state index contributed by atoms with van der Waals surface area (Å²) in [6, 6.07) is 0. The first kappa shape index (κ1) is 18.6. The fourth-order valence-electron chi connectivity index (χ4n) is 6.41. The van der Waals surface area contributed by atoms with Gasteiger partial charge < -0.3 is 16.1 Å². The summed E-state index contributed by atoms with van der Waals surface area (Å²) in [6.45, 7) is 4.69. The van der Waals surface area contributed by atoms with Crippen LogP contribution >= 0.6 is 0 Å². The second kappa shape index (κ2) is 5.98.